The van der Waals surface area contributed by atoms with Crippen LogP contribution in [0.15, 0.2) is 42.5 Å². The average molecular weight is 421 g/mol. The Morgan fingerprint density at radius 3 is 2.48 bits per heavy atom. The lowest BCUT2D eigenvalue weighted by atomic mass is 10.1. The van der Waals surface area contributed by atoms with Gasteiger partial charge in [0.25, 0.3) is 0 Å². The highest BCUT2D eigenvalue weighted by molar-refractivity contribution is 6.09. The van der Waals surface area contributed by atoms with E-state index in [1.54, 1.807) is 4.90 Å². The van der Waals surface area contributed by atoms with Crippen LogP contribution in [0, 0.1) is 19.8 Å². The Morgan fingerprint density at radius 2 is 1.74 bits per heavy atom. The zero-order valence-corrected chi connectivity index (χ0v) is 18.7. The fourth-order valence-corrected chi connectivity index (χ4v) is 4.39. The molecule has 6 heteroatoms. The third kappa shape index (κ3) is 4.59. The number of anilines is 2. The summed E-state index contributed by atoms with van der Waals surface area (Å²) in [5.74, 6) is -0.893. The predicted octanol–water partition coefficient (Wildman–Crippen LogP) is 2.72. The minimum atomic E-state index is -0.614. The molecule has 2 aliphatic rings. The molecular formula is C25H32N4O2. The minimum Gasteiger partial charge on any atom is -0.369 e. The van der Waals surface area contributed by atoms with Gasteiger partial charge in [0, 0.05) is 50.6 Å². The molecule has 31 heavy (non-hydrogen) atoms. The van der Waals surface area contributed by atoms with Gasteiger partial charge in [-0.15, -0.1) is 0 Å². The van der Waals surface area contributed by atoms with Crippen LogP contribution in [-0.2, 0) is 16.1 Å². The van der Waals surface area contributed by atoms with E-state index < -0.39 is 5.92 Å². The highest BCUT2D eigenvalue weighted by Gasteiger charge is 2.37. The monoisotopic (exact) mass is 420 g/mol. The van der Waals surface area contributed by atoms with Crippen molar-refractivity contribution in [2.75, 3.05) is 49.6 Å². The molecule has 2 saturated heterocycles. The molecule has 2 aliphatic heterocycles. The van der Waals surface area contributed by atoms with E-state index in [9.17, 15) is 9.59 Å². The Labute approximate surface area is 184 Å². The number of aryl methyl sites for hydroxylation is 2. The van der Waals surface area contributed by atoms with Crippen LogP contribution in [0.4, 0.5) is 11.4 Å². The molecule has 2 amide bonds. The Hall–Kier alpha value is -2.86. The summed E-state index contributed by atoms with van der Waals surface area (Å²) in [7, 11) is 2.14. The Kier molecular flexibility index (Phi) is 6.28. The SMILES string of the molecule is Cc1ccc(N2CCC(C(=O)NCc3ccccc3N3CCN(C)CC3)C2=O)cc1C. The summed E-state index contributed by atoms with van der Waals surface area (Å²) in [4.78, 5) is 32.3. The second-order valence-corrected chi connectivity index (χ2v) is 8.74. The van der Waals surface area contributed by atoms with Gasteiger partial charge >= 0.3 is 0 Å². The van der Waals surface area contributed by atoms with Gasteiger partial charge in [-0.1, -0.05) is 24.3 Å². The molecule has 6 nitrogen and oxygen atoms in total. The number of hydrogen-bond acceptors (Lipinski definition) is 4. The first-order valence-corrected chi connectivity index (χ1v) is 11.1. The number of likely N-dealkylation sites (N-methyl/N-ethyl adjacent to an activating group) is 1. The molecule has 0 aromatic heterocycles. The van der Waals surface area contributed by atoms with Gasteiger partial charge in [0.05, 0.1) is 0 Å². The van der Waals surface area contributed by atoms with E-state index in [4.69, 9.17) is 0 Å². The van der Waals surface area contributed by atoms with E-state index in [0.717, 1.165) is 43.0 Å². The summed E-state index contributed by atoms with van der Waals surface area (Å²) in [6, 6.07) is 14.2. The molecule has 0 spiro atoms. The lowest BCUT2D eigenvalue weighted by molar-refractivity contribution is -0.132. The largest absolute Gasteiger partial charge is 0.369 e. The van der Waals surface area contributed by atoms with Crippen molar-refractivity contribution >= 4 is 23.2 Å². The molecule has 164 valence electrons. The quantitative estimate of drug-likeness (QED) is 0.756. The predicted molar refractivity (Wildman–Crippen MR) is 124 cm³/mol. The maximum atomic E-state index is 13.0. The van der Waals surface area contributed by atoms with Crippen LogP contribution in [0.25, 0.3) is 0 Å². The number of nitrogens with one attached hydrogen (secondary N) is 1. The van der Waals surface area contributed by atoms with Crippen molar-refractivity contribution in [1.82, 2.24) is 10.2 Å². The van der Waals surface area contributed by atoms with E-state index in [2.05, 4.69) is 41.2 Å². The number of nitrogens with zero attached hydrogens (tertiary/aromatic N) is 3. The minimum absolute atomic E-state index is 0.104. The number of carbonyl (C=O) groups is 2. The van der Waals surface area contributed by atoms with Crippen molar-refractivity contribution < 1.29 is 9.59 Å². The fourth-order valence-electron chi connectivity index (χ4n) is 4.39. The van der Waals surface area contributed by atoms with E-state index in [1.807, 2.05) is 37.3 Å². The van der Waals surface area contributed by atoms with Crippen LogP contribution < -0.4 is 15.1 Å². The van der Waals surface area contributed by atoms with Crippen molar-refractivity contribution in [2.45, 2.75) is 26.8 Å². The fraction of sp³-hybridized carbons (Fsp3) is 0.440. The number of amides is 2. The van der Waals surface area contributed by atoms with Gasteiger partial charge in [0.1, 0.15) is 5.92 Å². The second kappa shape index (κ2) is 9.10. The number of carbonyl (C=O) groups excluding carboxylic acids is 2. The molecule has 2 fully saturated rings. The lowest BCUT2D eigenvalue weighted by Crippen LogP contribution is -2.45. The first-order valence-electron chi connectivity index (χ1n) is 11.1. The molecule has 0 aliphatic carbocycles. The third-order valence-electron chi connectivity index (χ3n) is 6.61. The van der Waals surface area contributed by atoms with Crippen molar-refractivity contribution in [3.05, 3.63) is 59.2 Å². The molecule has 2 heterocycles. The van der Waals surface area contributed by atoms with E-state index in [1.165, 1.54) is 11.3 Å². The molecule has 2 aromatic carbocycles. The maximum Gasteiger partial charge on any atom is 0.239 e. The van der Waals surface area contributed by atoms with Gasteiger partial charge in [-0.25, -0.2) is 0 Å². The molecule has 1 N–H and O–H groups in total. The molecule has 1 atom stereocenters. The first kappa shape index (κ1) is 21.4. The average Bonchev–Trinajstić information content (AvgIpc) is 3.16. The molecule has 4 rings (SSSR count). The normalized spacial score (nSPS) is 19.7. The van der Waals surface area contributed by atoms with Gasteiger partial charge in [-0.3, -0.25) is 9.59 Å². The number of piperazine rings is 1. The standard InChI is InChI=1S/C25H32N4O2/c1-18-8-9-21(16-19(18)2)29-11-10-22(25(29)31)24(30)26-17-20-6-4-5-7-23(20)28-14-12-27(3)13-15-28/h4-9,16,22H,10-15,17H2,1-3H3,(H,26,30). The summed E-state index contributed by atoms with van der Waals surface area (Å²) in [5, 5.41) is 3.03. The molecular weight excluding hydrogens is 388 g/mol. The Morgan fingerprint density at radius 1 is 1.00 bits per heavy atom. The van der Waals surface area contributed by atoms with Crippen molar-refractivity contribution in [3.63, 3.8) is 0 Å². The molecule has 0 bridgehead atoms. The number of hydrogen-bond donors (Lipinski definition) is 1. The smallest absolute Gasteiger partial charge is 0.239 e. The summed E-state index contributed by atoms with van der Waals surface area (Å²) in [5.41, 5.74) is 5.49. The summed E-state index contributed by atoms with van der Waals surface area (Å²) >= 11 is 0. The van der Waals surface area contributed by atoms with Crippen molar-refractivity contribution in [1.29, 1.82) is 0 Å². The van der Waals surface area contributed by atoms with Crippen LogP contribution in [0.5, 0.6) is 0 Å². The molecule has 0 radical (unpaired) electrons. The van der Waals surface area contributed by atoms with Crippen LogP contribution in [0.2, 0.25) is 0 Å². The van der Waals surface area contributed by atoms with Crippen LogP contribution in [0.1, 0.15) is 23.1 Å². The summed E-state index contributed by atoms with van der Waals surface area (Å²) < 4.78 is 0. The highest BCUT2D eigenvalue weighted by atomic mass is 16.2. The third-order valence-corrected chi connectivity index (χ3v) is 6.61. The van der Waals surface area contributed by atoms with Gasteiger partial charge in [0.15, 0.2) is 0 Å². The van der Waals surface area contributed by atoms with E-state index >= 15 is 0 Å². The van der Waals surface area contributed by atoms with Gasteiger partial charge in [0.2, 0.25) is 11.8 Å². The molecule has 1 unspecified atom stereocenters. The Balaban J connectivity index is 1.39. The number of benzene rings is 2. The van der Waals surface area contributed by atoms with Crippen LogP contribution in [-0.4, -0.2) is 56.5 Å². The number of rotatable bonds is 5. The zero-order chi connectivity index (χ0) is 22.0. The van der Waals surface area contributed by atoms with Gasteiger partial charge in [-0.05, 0) is 62.2 Å². The van der Waals surface area contributed by atoms with Gasteiger partial charge in [-0.2, -0.15) is 0 Å². The van der Waals surface area contributed by atoms with Gasteiger partial charge < -0.3 is 20.0 Å². The van der Waals surface area contributed by atoms with E-state index in [-0.39, 0.29) is 11.8 Å². The topological polar surface area (TPSA) is 55.9 Å². The van der Waals surface area contributed by atoms with E-state index in [0.29, 0.717) is 19.5 Å². The van der Waals surface area contributed by atoms with Crippen molar-refractivity contribution in [3.8, 4) is 0 Å². The molecule has 2 aromatic rings. The van der Waals surface area contributed by atoms with Crippen LogP contribution >= 0.6 is 0 Å². The lowest BCUT2D eigenvalue weighted by Gasteiger charge is -2.35. The zero-order valence-electron chi connectivity index (χ0n) is 18.7. The maximum absolute atomic E-state index is 13.0. The highest BCUT2D eigenvalue weighted by Crippen LogP contribution is 2.27. The Bertz CT molecular complexity index is 966. The first-order chi connectivity index (χ1) is 14.9. The summed E-state index contributed by atoms with van der Waals surface area (Å²) in [6.07, 6.45) is 0.553. The summed E-state index contributed by atoms with van der Waals surface area (Å²) in [6.45, 7) is 9.15. The van der Waals surface area contributed by atoms with Crippen molar-refractivity contribution in [2.24, 2.45) is 5.92 Å². The second-order valence-electron chi connectivity index (χ2n) is 8.74. The van der Waals surface area contributed by atoms with Crippen LogP contribution in [0.3, 0.4) is 0 Å². The number of para-hydroxylation sites is 1. The molecule has 0 saturated carbocycles.